The number of hydrogen-bond acceptors (Lipinski definition) is 19. The molecule has 6 aromatic rings. The van der Waals surface area contributed by atoms with Crippen molar-refractivity contribution in [2.24, 2.45) is 0 Å². The third-order valence-electron chi connectivity index (χ3n) is 11.6. The van der Waals surface area contributed by atoms with Gasteiger partial charge in [0.15, 0.2) is 0 Å². The van der Waals surface area contributed by atoms with Crippen molar-refractivity contribution >= 4 is 58.7 Å². The van der Waals surface area contributed by atoms with E-state index >= 15 is 0 Å². The third-order valence-corrected chi connectivity index (χ3v) is 11.6. The molecule has 1 amide bonds. The fraction of sp³-hybridized carbons (Fsp3) is 0.328. The molecule has 6 aromatic carbocycles. The van der Waals surface area contributed by atoms with Crippen LogP contribution in [0.5, 0.6) is 34.5 Å². The van der Waals surface area contributed by atoms with Gasteiger partial charge in [-0.05, 0) is 173 Å². The van der Waals surface area contributed by atoms with E-state index < -0.39 is 27.1 Å². The van der Waals surface area contributed by atoms with E-state index in [0.29, 0.717) is 29.8 Å². The van der Waals surface area contributed by atoms with Crippen LogP contribution in [-0.4, -0.2) is 133 Å². The van der Waals surface area contributed by atoms with Gasteiger partial charge in [-0.3, -0.25) is 30.3 Å². The van der Waals surface area contributed by atoms with E-state index in [2.05, 4.69) is 35.9 Å². The molecule has 0 fully saturated rings. The molecule has 23 nitrogen and oxygen atoms in total. The molecule has 0 aliphatic rings. The average Bonchev–Trinajstić information content (AvgIpc) is 3.45. The van der Waals surface area contributed by atoms with Crippen molar-refractivity contribution in [2.45, 2.75) is 52.7 Å². The van der Waals surface area contributed by atoms with Gasteiger partial charge in [0.2, 0.25) is 0 Å². The van der Waals surface area contributed by atoms with Gasteiger partial charge in [-0.1, -0.05) is 43.3 Å². The predicted octanol–water partition coefficient (Wildman–Crippen LogP) is 13.3. The van der Waals surface area contributed by atoms with Crippen molar-refractivity contribution in [3.8, 4) is 34.5 Å². The van der Waals surface area contributed by atoms with E-state index in [9.17, 15) is 49.8 Å². The highest BCUT2D eigenvalue weighted by atomic mass is 35.5. The quantitative estimate of drug-likeness (QED) is 0.0300. The molecule has 0 aliphatic carbocycles. The molecular weight excluding hydrogens is 1120 g/mol. The van der Waals surface area contributed by atoms with Crippen molar-refractivity contribution < 1.29 is 57.9 Å². The summed E-state index contributed by atoms with van der Waals surface area (Å²) < 4.78 is 25.1. The SMILES string of the molecule is CCN(C)C(=O)Oc1cccc([C@H](C)N(C)C)c1.CCNC.C[C@@H](c1cccc(O)c1)N(C)C.C[C@@H](c1cccc(OC(=O)Oc2ccc([N+](=O)[O-])cc2)c1)N(C)C.ClCCl.O=C(Oc1ccc([N+](=O)[O-])cc1)Oc1ccc([N+](=O)[O-])cc1. The topological polar surface area (TPSA) is 272 Å². The van der Waals surface area contributed by atoms with Crippen molar-refractivity contribution in [1.29, 1.82) is 0 Å². The van der Waals surface area contributed by atoms with Crippen molar-refractivity contribution in [3.05, 3.63) is 193 Å². The molecule has 450 valence electrons. The number of nitro benzene ring substituents is 3. The number of ether oxygens (including phenoxy) is 5. The van der Waals surface area contributed by atoms with Gasteiger partial charge in [0.05, 0.1) is 20.1 Å². The monoisotopic (exact) mass is 1190 g/mol. The van der Waals surface area contributed by atoms with E-state index in [1.54, 1.807) is 43.4 Å². The molecule has 0 heterocycles. The van der Waals surface area contributed by atoms with Crippen molar-refractivity contribution in [1.82, 2.24) is 24.9 Å². The standard InChI is InChI=1S/C17H18N2O5.C14H22N2O2.C13H8N2O7.C10H15NO.C3H9N.CH2Cl2/c1-12(18(2)3)13-5-4-6-16(11-13)24-17(20)23-15-9-7-14(8-10-15)19(21)22;1-6-16(5)14(17)18-13-9-7-8-12(10-13)11(2)15(3)4;16-13(21-11-5-1-9(2-6-11)14(17)18)22-12-7-3-10(4-8-12)15(19)20;1-8(11(2)3)9-5-4-6-10(12)7-9;1-3-4-2;2-1-3/h4-12H,1-3H3;7-11H,6H2,1-5H3;1-8H;4-8,12H,1-3H3;4H,3H2,1-2H3;1H2/t12-;11-;;8-;;/m00.0../s1. The van der Waals surface area contributed by atoms with Gasteiger partial charge in [0, 0.05) is 68.1 Å². The number of halogens is 2. The maximum Gasteiger partial charge on any atom is 0.519 e. The van der Waals surface area contributed by atoms with E-state index in [0.717, 1.165) is 23.2 Å². The summed E-state index contributed by atoms with van der Waals surface area (Å²) in [6, 6.07) is 37.8. The normalized spacial score (nSPS) is 11.2. The number of alkyl halides is 2. The van der Waals surface area contributed by atoms with Crippen LogP contribution in [-0.2, 0) is 0 Å². The second-order valence-electron chi connectivity index (χ2n) is 18.0. The summed E-state index contributed by atoms with van der Waals surface area (Å²) in [5, 5.41) is 43.9. The third kappa shape index (κ3) is 28.7. The number of aromatic hydroxyl groups is 1. The fourth-order valence-corrected chi connectivity index (χ4v) is 6.00. The van der Waals surface area contributed by atoms with E-state index in [-0.39, 0.29) is 57.8 Å². The molecule has 2 N–H and O–H groups in total. The summed E-state index contributed by atoms with van der Waals surface area (Å²) in [7, 11) is 15.7. The Kier molecular flexibility index (Phi) is 34.2. The summed E-state index contributed by atoms with van der Waals surface area (Å²) in [6.45, 7) is 11.9. The number of nitrogens with zero attached hydrogens (tertiary/aromatic N) is 7. The molecule has 0 bridgehead atoms. The highest BCUT2D eigenvalue weighted by Crippen LogP contribution is 2.26. The van der Waals surface area contributed by atoms with Gasteiger partial charge < -0.3 is 53.7 Å². The summed E-state index contributed by atoms with van der Waals surface area (Å²) in [4.78, 5) is 72.6. The summed E-state index contributed by atoms with van der Waals surface area (Å²) in [5.41, 5.74) is 2.90. The lowest BCUT2D eigenvalue weighted by atomic mass is 10.1. The highest BCUT2D eigenvalue weighted by Gasteiger charge is 2.16. The number of phenolic OH excluding ortho intramolecular Hbond substituents is 1. The Morgan fingerprint density at radius 3 is 1.04 bits per heavy atom. The van der Waals surface area contributed by atoms with E-state index in [1.807, 2.05) is 104 Å². The van der Waals surface area contributed by atoms with Crippen molar-refractivity contribution in [3.63, 3.8) is 0 Å². The minimum Gasteiger partial charge on any atom is -0.508 e. The number of nitro groups is 3. The Hall–Kier alpha value is -8.45. The second kappa shape index (κ2) is 39.1. The largest absolute Gasteiger partial charge is 0.519 e. The van der Waals surface area contributed by atoms with Crippen LogP contribution in [0.3, 0.4) is 0 Å². The minimum atomic E-state index is -1.07. The number of hydrogen-bond donors (Lipinski definition) is 2. The molecule has 0 radical (unpaired) electrons. The lowest BCUT2D eigenvalue weighted by Crippen LogP contribution is -2.29. The van der Waals surface area contributed by atoms with E-state index in [4.69, 9.17) is 46.9 Å². The first-order chi connectivity index (χ1) is 39.2. The Bertz CT molecular complexity index is 2860. The van der Waals surface area contributed by atoms with Crippen LogP contribution in [0, 0.1) is 30.3 Å². The number of non-ortho nitro benzene ring substituents is 3. The first-order valence-corrected chi connectivity index (χ1v) is 26.5. The Morgan fingerprint density at radius 1 is 0.494 bits per heavy atom. The molecule has 25 heteroatoms. The molecule has 3 atom stereocenters. The van der Waals surface area contributed by atoms with Crippen LogP contribution in [0.4, 0.5) is 31.4 Å². The predicted molar refractivity (Wildman–Crippen MR) is 320 cm³/mol. The molecule has 83 heavy (non-hydrogen) atoms. The molecule has 0 saturated carbocycles. The van der Waals surface area contributed by atoms with Crippen LogP contribution in [0.1, 0.15) is 69.4 Å². The zero-order valence-electron chi connectivity index (χ0n) is 48.8. The first kappa shape index (κ1) is 72.6. The Morgan fingerprint density at radius 2 is 0.771 bits per heavy atom. The zero-order chi connectivity index (χ0) is 62.8. The van der Waals surface area contributed by atoms with E-state index in [1.165, 1.54) is 77.7 Å². The molecule has 0 saturated heterocycles. The summed E-state index contributed by atoms with van der Waals surface area (Å²) >= 11 is 9.53. The number of nitrogens with one attached hydrogen (secondary N) is 1. The second-order valence-corrected chi connectivity index (χ2v) is 18.8. The number of phenols is 1. The van der Waals surface area contributed by atoms with Crippen LogP contribution in [0.2, 0.25) is 0 Å². The van der Waals surface area contributed by atoms with Crippen LogP contribution in [0.15, 0.2) is 146 Å². The van der Waals surface area contributed by atoms with Gasteiger partial charge in [-0.25, -0.2) is 14.4 Å². The number of amides is 1. The smallest absolute Gasteiger partial charge is 0.508 e. The Labute approximate surface area is 494 Å². The highest BCUT2D eigenvalue weighted by molar-refractivity contribution is 6.40. The fourth-order valence-electron chi connectivity index (χ4n) is 6.00. The van der Waals surface area contributed by atoms with Gasteiger partial charge >= 0.3 is 18.4 Å². The van der Waals surface area contributed by atoms with Gasteiger partial charge in [0.25, 0.3) is 17.1 Å². The molecular formula is C58H74Cl2N8O15. The van der Waals surface area contributed by atoms with Gasteiger partial charge in [-0.2, -0.15) is 0 Å². The maximum atomic E-state index is 11.8. The molecule has 6 rings (SSSR count). The summed E-state index contributed by atoms with van der Waals surface area (Å²) in [6.07, 6.45) is -2.30. The Balaban J connectivity index is 0.000000544. The zero-order valence-corrected chi connectivity index (χ0v) is 50.3. The molecule has 0 aromatic heterocycles. The average molecular weight is 1190 g/mol. The first-order valence-electron chi connectivity index (χ1n) is 25.4. The molecule has 0 aliphatic heterocycles. The lowest BCUT2D eigenvalue weighted by molar-refractivity contribution is -0.385. The van der Waals surface area contributed by atoms with Gasteiger partial charge in [-0.15, -0.1) is 23.2 Å². The number of benzene rings is 6. The molecule has 0 spiro atoms. The van der Waals surface area contributed by atoms with Crippen molar-refractivity contribution in [2.75, 3.05) is 74.8 Å². The number of carbonyl (C=O) groups excluding carboxylic acids is 3. The number of carbonyl (C=O) groups is 3. The lowest BCUT2D eigenvalue weighted by Gasteiger charge is -2.21. The van der Waals surface area contributed by atoms with Crippen LogP contribution >= 0.6 is 23.2 Å². The van der Waals surface area contributed by atoms with Crippen LogP contribution in [0.25, 0.3) is 0 Å². The molecule has 0 unspecified atom stereocenters. The minimum absolute atomic E-state index is 0.0671. The van der Waals surface area contributed by atoms with Crippen LogP contribution < -0.4 is 29.0 Å². The maximum absolute atomic E-state index is 11.8. The number of rotatable bonds is 16. The van der Waals surface area contributed by atoms with Gasteiger partial charge in [0.1, 0.15) is 34.5 Å². The summed E-state index contributed by atoms with van der Waals surface area (Å²) in [5.74, 6) is 1.60.